The number of nitrogens with one attached hydrogen (secondary N) is 27. The maximum Gasteiger partial charge on any atom is 0.302 e. The quantitative estimate of drug-likeness (QED) is 0.00719. The van der Waals surface area contributed by atoms with Crippen LogP contribution in [0.25, 0.3) is 0 Å². The number of rotatable bonds is 60. The molecule has 49 N–H and O–H groups in total. The minimum atomic E-state index is -1.63. The van der Waals surface area contributed by atoms with E-state index in [0.29, 0.717) is 0 Å². The lowest BCUT2D eigenvalue weighted by molar-refractivity contribution is -0.388. The summed E-state index contributed by atoms with van der Waals surface area (Å²) in [5, 5.41) is 127. The average molecular weight is 1680 g/mol. The van der Waals surface area contributed by atoms with Crippen LogP contribution < -0.4 is 159 Å². The van der Waals surface area contributed by atoms with Crippen LogP contribution in [0.2, 0.25) is 0 Å². The minimum absolute atomic E-state index is 0.00340. The Morgan fingerprint density at radius 1 is 0.336 bits per heavy atom. The number of carbonyl (C=O) groups excluding carboxylic acids is 10. The molecule has 1 rings (SSSR count). The van der Waals surface area contributed by atoms with E-state index in [1.165, 1.54) is 18.3 Å². The van der Waals surface area contributed by atoms with Crippen molar-refractivity contribution in [2.45, 2.75) is 181 Å². The molecule has 52 nitrogen and oxygen atoms in total. The summed E-state index contributed by atoms with van der Waals surface area (Å²) in [7, 11) is 1.85. The lowest BCUT2D eigenvalue weighted by Crippen LogP contribution is -2.60. The number of amides is 10. The summed E-state index contributed by atoms with van der Waals surface area (Å²) >= 11 is 0. The summed E-state index contributed by atoms with van der Waals surface area (Å²) in [6, 6.07) is -12.5. The summed E-state index contributed by atoms with van der Waals surface area (Å²) in [6.07, 6.45) is -0.103. The number of guanidine groups is 9. The molecule has 0 aliphatic heterocycles. The van der Waals surface area contributed by atoms with Crippen LogP contribution in [-0.4, -0.2) is 248 Å². The molecule has 0 aromatic carbocycles. The Labute approximate surface area is 676 Å². The van der Waals surface area contributed by atoms with E-state index in [9.17, 15) is 58.1 Å². The molecule has 0 aliphatic rings. The van der Waals surface area contributed by atoms with E-state index in [1.54, 1.807) is 0 Å². The molecule has 0 bridgehead atoms. The Kier molecular flexibility index (Phi) is 50.1. The Bertz CT molecular complexity index is 3490. The second-order valence-corrected chi connectivity index (χ2v) is 28.2. The Morgan fingerprint density at radius 2 is 0.526 bits per heavy atom. The molecule has 116 heavy (non-hydrogen) atoms. The van der Waals surface area contributed by atoms with Gasteiger partial charge in [0.1, 0.15) is 54.4 Å². The smallest absolute Gasteiger partial charge is 0.302 e. The molecule has 10 amide bonds. The topological polar surface area (TPSA) is 944 Å². The third-order valence-corrected chi connectivity index (χ3v) is 18.6. The molecule has 0 radical (unpaired) electrons. The van der Waals surface area contributed by atoms with E-state index < -0.39 is 172 Å². The summed E-state index contributed by atoms with van der Waals surface area (Å²) < 4.78 is 0. The Morgan fingerprint density at radius 3 is 0.716 bits per heavy atom. The molecule has 650 valence electrons. The van der Waals surface area contributed by atoms with E-state index in [0.717, 1.165) is 21.6 Å². The lowest BCUT2D eigenvalue weighted by atomic mass is 10.0. The highest BCUT2D eigenvalue weighted by Crippen LogP contribution is 2.35. The number of nitro groups is 1. The van der Waals surface area contributed by atoms with Crippen molar-refractivity contribution in [3.05, 3.63) is 28.4 Å². The molecule has 1 aromatic rings. The minimum Gasteiger partial charge on any atom is -0.370 e. The van der Waals surface area contributed by atoms with E-state index in [1.807, 2.05) is 0 Å². The number of pyridine rings is 1. The van der Waals surface area contributed by atoms with Gasteiger partial charge in [0.2, 0.25) is 59.1 Å². The predicted molar refractivity (Wildman–Crippen MR) is 436 cm³/mol. The van der Waals surface area contributed by atoms with Gasteiger partial charge in [-0.3, -0.25) is 107 Å². The van der Waals surface area contributed by atoms with Gasteiger partial charge in [-0.1, -0.05) is 10.8 Å². The van der Waals surface area contributed by atoms with Gasteiger partial charge in [-0.25, -0.2) is 4.98 Å². The first-order chi connectivity index (χ1) is 54.8. The van der Waals surface area contributed by atoms with E-state index in [2.05, 4.69) is 101 Å². The van der Waals surface area contributed by atoms with Crippen molar-refractivity contribution >= 4 is 140 Å². The zero-order valence-corrected chi connectivity index (χ0v) is 65.9. The largest absolute Gasteiger partial charge is 0.370 e. The van der Waals surface area contributed by atoms with Crippen LogP contribution in [0.4, 0.5) is 5.69 Å². The molecular weight excluding hydrogens is 1560 g/mol. The zero-order valence-electron chi connectivity index (χ0n) is 64.3. The fourth-order valence-corrected chi connectivity index (χ4v) is 12.7. The second-order valence-electron chi connectivity index (χ2n) is 25.9. The van der Waals surface area contributed by atoms with Crippen molar-refractivity contribution in [3.63, 3.8) is 0 Å². The normalized spacial score (nSPS) is 13.2. The van der Waals surface area contributed by atoms with Gasteiger partial charge in [0, 0.05) is 76.9 Å². The molecular formula is C62H118N40O12S2. The van der Waals surface area contributed by atoms with Gasteiger partial charge in [-0.2, -0.15) is 0 Å². The first-order valence-corrected chi connectivity index (χ1v) is 39.0. The predicted octanol–water partition coefficient (Wildman–Crippen LogP) is -10.7. The summed E-state index contributed by atoms with van der Waals surface area (Å²) in [5.41, 5.74) is 61.3. The molecule has 0 unspecified atom stereocenters. The lowest BCUT2D eigenvalue weighted by Gasteiger charge is -2.29. The molecule has 0 fully saturated rings. The van der Waals surface area contributed by atoms with Crippen molar-refractivity contribution in [1.82, 2.24) is 101 Å². The number of nitrogens with zero attached hydrogens (tertiary/aromatic N) is 2. The van der Waals surface area contributed by atoms with Gasteiger partial charge >= 0.3 is 5.69 Å². The molecule has 10 atom stereocenters. The number of aromatic nitrogens is 1. The first kappa shape index (κ1) is 101. The van der Waals surface area contributed by atoms with Crippen LogP contribution >= 0.6 is 21.6 Å². The maximum absolute atomic E-state index is 15.0. The number of nitrogens with two attached hydrogens (primary N) is 11. The van der Waals surface area contributed by atoms with Crippen LogP contribution in [0.5, 0.6) is 0 Å². The number of hydrogen-bond donors (Lipinski definition) is 38. The van der Waals surface area contributed by atoms with Crippen LogP contribution in [0, 0.1) is 58.8 Å². The molecule has 1 aromatic heterocycles. The Hall–Kier alpha value is -12.7. The maximum atomic E-state index is 15.0. The van der Waals surface area contributed by atoms with E-state index in [4.69, 9.17) is 112 Å². The molecule has 0 aliphatic carbocycles. The highest BCUT2D eigenvalue weighted by Gasteiger charge is 2.36. The van der Waals surface area contributed by atoms with Crippen molar-refractivity contribution in [2.75, 3.05) is 64.7 Å². The number of primary amides is 1. The van der Waals surface area contributed by atoms with E-state index in [-0.39, 0.29) is 197 Å². The van der Waals surface area contributed by atoms with Crippen molar-refractivity contribution in [2.24, 2.45) is 63.1 Å². The van der Waals surface area contributed by atoms with Gasteiger partial charge in [0.15, 0.2) is 58.7 Å². The average Bonchev–Trinajstić information content (AvgIpc) is 0.863. The van der Waals surface area contributed by atoms with Crippen LogP contribution in [0.1, 0.15) is 116 Å². The highest BCUT2D eigenvalue weighted by atomic mass is 33.1. The van der Waals surface area contributed by atoms with Crippen LogP contribution in [0.15, 0.2) is 23.4 Å². The monoisotopic (exact) mass is 1680 g/mol. The molecule has 1 heterocycles. The van der Waals surface area contributed by atoms with Gasteiger partial charge in [0.25, 0.3) is 0 Å². The van der Waals surface area contributed by atoms with Crippen molar-refractivity contribution < 1.29 is 52.9 Å². The third kappa shape index (κ3) is 47.0. The van der Waals surface area contributed by atoms with Crippen molar-refractivity contribution in [3.8, 4) is 0 Å². The molecule has 0 saturated carbocycles. The van der Waals surface area contributed by atoms with Gasteiger partial charge in [0.05, 0.1) is 11.0 Å². The molecule has 54 heteroatoms. The SMILES string of the molecule is N=C(N)NCCC[C@@H](NC(=O)[C@@H](CCCNC(=N)N)NC(=O)[C@@H](CCCNC(=N)N)NC(=O)[C@@H](CCCNC(=N)N)NC(=O)[C@@H](CCCNC(=N)N)NC(=O)[C@@H](CCCNC(=N)N)NC(=O)[C@@H](CCCNC(=N)N)NC(=O)[C@@H](CCCNC(=N)N)NC(=O)[C@@H](CCCNC(=N)N)NC(=O)[C@@H](N)CSSc1ncccc1[N+](=O)[O-])C(N)=O. The number of hydrogen-bond acceptors (Lipinski definition) is 25. The van der Waals surface area contributed by atoms with Crippen LogP contribution in [0.3, 0.4) is 0 Å². The Balaban J connectivity index is 4.04. The van der Waals surface area contributed by atoms with Gasteiger partial charge in [-0.15, -0.1) is 0 Å². The van der Waals surface area contributed by atoms with E-state index >= 15 is 0 Å². The summed E-state index contributed by atoms with van der Waals surface area (Å²) in [4.78, 5) is 159. The first-order valence-electron chi connectivity index (χ1n) is 36.7. The molecule has 0 saturated heterocycles. The number of carbonyl (C=O) groups is 10. The summed E-state index contributed by atoms with van der Waals surface area (Å²) in [5.74, 6) is -13.7. The zero-order chi connectivity index (χ0) is 87.2. The third-order valence-electron chi connectivity index (χ3n) is 16.3. The molecule has 0 spiro atoms. The fraction of sp³-hybridized carbons (Fsp3) is 0.613. The highest BCUT2D eigenvalue weighted by molar-refractivity contribution is 8.76. The van der Waals surface area contributed by atoms with Crippen LogP contribution in [-0.2, 0) is 47.9 Å². The fourth-order valence-electron chi connectivity index (χ4n) is 10.5. The van der Waals surface area contributed by atoms with Gasteiger partial charge in [-0.05, 0) is 132 Å². The second kappa shape index (κ2) is 57.4. The standard InChI is InChI=1S/C62H118N40O12S2/c63-32(31-115-116-53-42(102(113)114)20-10-21-83-53)44(104)94-34(12-2-23-85-55(67)68)46(106)96-36(14-4-25-87-57(71)72)48(108)98-38(16-6-27-89-59(75)76)50(110)100-40(18-8-29-91-61(79)80)52(112)101-41(19-9-30-92-62(81)82)51(111)99-39(17-7-28-90-60(77)78)49(109)97-37(15-5-26-88-58(73)74)47(107)95-35(13-3-24-86-56(69)70)45(105)93-33(43(64)103)11-1-22-84-54(65)66/h10,20-21,32-41H,1-9,11-19,22-31,63H2,(H2,64,103)(H,93,105)(H,94,104)(H,95,107)(H,96,106)(H,97,109)(H,98,108)(H,99,111)(H,100,110)(H,101,112)(H4,65,66,84)(H4,67,68,85)(H4,69,70,86)(H4,71,72,87)(H4,73,74,88)(H4,75,76,89)(H4,77,78,90)(H4,79,80,91)(H4,81,82,92)/t32-,33+,34+,35+,36+,37+,38+,39+,40+,41+/m0/s1. The summed E-state index contributed by atoms with van der Waals surface area (Å²) in [6.45, 7) is -0.0409. The van der Waals surface area contributed by atoms with Crippen molar-refractivity contribution in [1.29, 1.82) is 48.7 Å². The van der Waals surface area contributed by atoms with Gasteiger partial charge < -0.3 is 159 Å².